The van der Waals surface area contributed by atoms with Gasteiger partial charge in [-0.25, -0.2) is 0 Å². The van der Waals surface area contributed by atoms with Gasteiger partial charge < -0.3 is 5.73 Å². The highest BCUT2D eigenvalue weighted by Crippen LogP contribution is 2.26. The van der Waals surface area contributed by atoms with E-state index in [4.69, 9.17) is 28.9 Å². The Morgan fingerprint density at radius 2 is 1.75 bits per heavy atom. The molecule has 126 valence electrons. The van der Waals surface area contributed by atoms with Gasteiger partial charge in [-0.1, -0.05) is 29.3 Å². The molecule has 3 rings (SSSR count). The van der Waals surface area contributed by atoms with E-state index in [-0.39, 0.29) is 4.90 Å². The molecule has 2 aromatic carbocycles. The topological polar surface area (TPSA) is 75.8 Å². The molecule has 1 heterocycles. The first-order chi connectivity index (χ1) is 11.4. The van der Waals surface area contributed by atoms with Gasteiger partial charge in [0.2, 0.25) is 0 Å². The summed E-state index contributed by atoms with van der Waals surface area (Å²) in [4.78, 5) is 0.163. The first-order valence-electron chi connectivity index (χ1n) is 7.29. The van der Waals surface area contributed by atoms with Gasteiger partial charge >= 0.3 is 0 Å². The zero-order valence-electron chi connectivity index (χ0n) is 12.6. The lowest BCUT2D eigenvalue weighted by molar-refractivity contribution is 0.410. The number of hydrazone groups is 1. The van der Waals surface area contributed by atoms with Crippen molar-refractivity contribution in [3.8, 4) is 0 Å². The molecule has 0 spiro atoms. The molecule has 0 saturated heterocycles. The van der Waals surface area contributed by atoms with Gasteiger partial charge in [-0.15, -0.1) is 0 Å². The molecular weight excluding hydrogens is 369 g/mol. The molecule has 0 aliphatic carbocycles. The Bertz CT molecular complexity index is 896. The van der Waals surface area contributed by atoms with Gasteiger partial charge in [-0.05, 0) is 54.8 Å². The predicted octanol–water partition coefficient (Wildman–Crippen LogP) is 3.76. The van der Waals surface area contributed by atoms with Crippen LogP contribution in [0.25, 0.3) is 0 Å². The van der Waals surface area contributed by atoms with Gasteiger partial charge in [0.25, 0.3) is 10.0 Å². The molecule has 0 aromatic heterocycles. The standard InChI is InChI=1S/C16H15Cl2N3O2S/c17-14-8-3-11(10-15(14)18)16-2-1-9-21(20-16)24(22,23)13-6-4-12(19)5-7-13/h3-8,10H,1-2,9,19H2. The maximum absolute atomic E-state index is 12.7. The minimum absolute atomic E-state index is 0.163. The lowest BCUT2D eigenvalue weighted by atomic mass is 10.1. The summed E-state index contributed by atoms with van der Waals surface area (Å²) in [7, 11) is -3.71. The van der Waals surface area contributed by atoms with Crippen LogP contribution in [0.15, 0.2) is 52.5 Å². The molecule has 0 saturated carbocycles. The molecule has 0 atom stereocenters. The molecular formula is C16H15Cl2N3O2S. The first kappa shape index (κ1) is 17.1. The summed E-state index contributed by atoms with van der Waals surface area (Å²) in [5.41, 5.74) is 7.55. The summed E-state index contributed by atoms with van der Waals surface area (Å²) < 4.78 is 26.6. The predicted molar refractivity (Wildman–Crippen MR) is 97.0 cm³/mol. The van der Waals surface area contributed by atoms with Crippen molar-refractivity contribution in [3.05, 3.63) is 58.1 Å². The normalized spacial score (nSPS) is 15.2. The van der Waals surface area contributed by atoms with Gasteiger partial charge in [0.15, 0.2) is 0 Å². The van der Waals surface area contributed by atoms with Crippen LogP contribution < -0.4 is 5.73 Å². The minimum atomic E-state index is -3.71. The molecule has 0 bridgehead atoms. The zero-order valence-corrected chi connectivity index (χ0v) is 14.9. The molecule has 24 heavy (non-hydrogen) atoms. The van der Waals surface area contributed by atoms with Crippen molar-refractivity contribution in [2.45, 2.75) is 17.7 Å². The summed E-state index contributed by atoms with van der Waals surface area (Å²) in [5.74, 6) is 0. The molecule has 1 aliphatic rings. The van der Waals surface area contributed by atoms with E-state index in [2.05, 4.69) is 5.10 Å². The van der Waals surface area contributed by atoms with E-state index < -0.39 is 10.0 Å². The number of nitrogens with zero attached hydrogens (tertiary/aromatic N) is 2. The summed E-state index contributed by atoms with van der Waals surface area (Å²) in [6.07, 6.45) is 1.35. The lowest BCUT2D eigenvalue weighted by Gasteiger charge is -2.25. The molecule has 2 aromatic rings. The maximum atomic E-state index is 12.7. The van der Waals surface area contributed by atoms with Crippen LogP contribution in [0.2, 0.25) is 10.0 Å². The lowest BCUT2D eigenvalue weighted by Crippen LogP contribution is -2.32. The number of hydrogen-bond donors (Lipinski definition) is 1. The fourth-order valence-corrected chi connectivity index (χ4v) is 4.03. The Labute approximate surface area is 150 Å². The summed E-state index contributed by atoms with van der Waals surface area (Å²) in [6.45, 7) is 0.331. The van der Waals surface area contributed by atoms with E-state index in [1.165, 1.54) is 12.1 Å². The molecule has 5 nitrogen and oxygen atoms in total. The summed E-state index contributed by atoms with van der Waals surface area (Å²) >= 11 is 12.0. The van der Waals surface area contributed by atoms with Crippen LogP contribution in [0.5, 0.6) is 0 Å². The molecule has 0 unspecified atom stereocenters. The highest BCUT2D eigenvalue weighted by atomic mass is 35.5. The van der Waals surface area contributed by atoms with Crippen molar-refractivity contribution < 1.29 is 8.42 Å². The fourth-order valence-electron chi connectivity index (χ4n) is 2.43. The van der Waals surface area contributed by atoms with E-state index in [9.17, 15) is 8.42 Å². The Morgan fingerprint density at radius 1 is 1.04 bits per heavy atom. The molecule has 0 radical (unpaired) electrons. The Hall–Kier alpha value is -1.76. The van der Waals surface area contributed by atoms with Gasteiger partial charge in [0.1, 0.15) is 0 Å². The summed E-state index contributed by atoms with van der Waals surface area (Å²) in [5, 5.41) is 5.18. The molecule has 1 aliphatic heterocycles. The van der Waals surface area contributed by atoms with Gasteiger partial charge in [-0.3, -0.25) is 0 Å². The van der Waals surface area contributed by atoms with Crippen LogP contribution in [-0.4, -0.2) is 25.1 Å². The van der Waals surface area contributed by atoms with Crippen molar-refractivity contribution in [2.24, 2.45) is 5.10 Å². The number of nitrogen functional groups attached to an aromatic ring is 1. The monoisotopic (exact) mass is 383 g/mol. The number of anilines is 1. The average molecular weight is 384 g/mol. The number of hydrogen-bond acceptors (Lipinski definition) is 4. The third kappa shape index (κ3) is 3.36. The van der Waals surface area contributed by atoms with Crippen LogP contribution in [0.4, 0.5) is 5.69 Å². The second-order valence-electron chi connectivity index (χ2n) is 5.40. The SMILES string of the molecule is Nc1ccc(S(=O)(=O)N2CCCC(c3ccc(Cl)c(Cl)c3)=N2)cc1. The third-order valence-corrected chi connectivity index (χ3v) is 6.13. The van der Waals surface area contributed by atoms with Gasteiger partial charge in [-0.2, -0.15) is 17.9 Å². The van der Waals surface area contributed by atoms with E-state index in [1.54, 1.807) is 30.3 Å². The minimum Gasteiger partial charge on any atom is -0.399 e. The highest BCUT2D eigenvalue weighted by Gasteiger charge is 2.26. The van der Waals surface area contributed by atoms with Crippen molar-refractivity contribution in [1.29, 1.82) is 0 Å². The highest BCUT2D eigenvalue weighted by molar-refractivity contribution is 7.89. The van der Waals surface area contributed by atoms with E-state index in [0.717, 1.165) is 9.98 Å². The summed E-state index contributed by atoms with van der Waals surface area (Å²) in [6, 6.07) is 11.2. The number of benzene rings is 2. The molecule has 0 amide bonds. The Morgan fingerprint density at radius 3 is 2.42 bits per heavy atom. The van der Waals surface area contributed by atoms with Crippen molar-refractivity contribution in [3.63, 3.8) is 0 Å². The first-order valence-corrected chi connectivity index (χ1v) is 9.49. The molecule has 0 fully saturated rings. The number of halogens is 2. The van der Waals surface area contributed by atoms with Crippen LogP contribution >= 0.6 is 23.2 Å². The van der Waals surface area contributed by atoms with Crippen LogP contribution in [-0.2, 0) is 10.0 Å². The third-order valence-electron chi connectivity index (χ3n) is 3.70. The van der Waals surface area contributed by atoms with E-state index in [1.807, 2.05) is 0 Å². The molecule has 8 heteroatoms. The smallest absolute Gasteiger partial charge is 0.279 e. The number of nitrogens with two attached hydrogens (primary N) is 1. The van der Waals surface area contributed by atoms with Crippen LogP contribution in [0.1, 0.15) is 18.4 Å². The second kappa shape index (κ2) is 6.63. The van der Waals surface area contributed by atoms with Crippen LogP contribution in [0, 0.1) is 0 Å². The van der Waals surface area contributed by atoms with Crippen LogP contribution in [0.3, 0.4) is 0 Å². The fraction of sp³-hybridized carbons (Fsp3) is 0.188. The Balaban J connectivity index is 1.96. The maximum Gasteiger partial charge on any atom is 0.279 e. The van der Waals surface area contributed by atoms with Gasteiger partial charge in [0, 0.05) is 5.69 Å². The van der Waals surface area contributed by atoms with Crippen molar-refractivity contribution in [2.75, 3.05) is 12.3 Å². The second-order valence-corrected chi connectivity index (χ2v) is 8.06. The Kier molecular flexibility index (Phi) is 4.71. The largest absolute Gasteiger partial charge is 0.399 e. The average Bonchev–Trinajstić information content (AvgIpc) is 2.58. The number of sulfonamides is 1. The van der Waals surface area contributed by atoms with E-state index >= 15 is 0 Å². The molecule has 2 N–H and O–H groups in total. The van der Waals surface area contributed by atoms with Crippen molar-refractivity contribution >= 4 is 44.6 Å². The van der Waals surface area contributed by atoms with Crippen molar-refractivity contribution in [1.82, 2.24) is 4.41 Å². The van der Waals surface area contributed by atoms with E-state index in [0.29, 0.717) is 40.8 Å². The number of rotatable bonds is 3. The zero-order chi connectivity index (χ0) is 17.3. The quantitative estimate of drug-likeness (QED) is 0.819. The van der Waals surface area contributed by atoms with Gasteiger partial charge in [0.05, 0.1) is 27.2 Å².